The van der Waals surface area contributed by atoms with Crippen molar-refractivity contribution in [2.45, 2.75) is 51.9 Å². The molecule has 0 N–H and O–H groups in total. The van der Waals surface area contributed by atoms with Gasteiger partial charge in [-0.1, -0.05) is 33.6 Å². The Morgan fingerprint density at radius 2 is 1.44 bits per heavy atom. The van der Waals surface area contributed by atoms with Crippen molar-refractivity contribution in [3.63, 3.8) is 0 Å². The third kappa shape index (κ3) is 2.92. The smallest absolute Gasteiger partial charge is 0.223 e. The summed E-state index contributed by atoms with van der Waals surface area (Å²) in [7, 11) is 3.28. The normalized spacial score (nSPS) is 11.4. The Labute approximate surface area is 110 Å². The van der Waals surface area contributed by atoms with Crippen LogP contribution >= 0.6 is 0 Å². The molecule has 0 bridgehead atoms. The SMILES string of the molecule is CCCC(C)(CCC)c1c(OC)ncnc1OC. The topological polar surface area (TPSA) is 44.2 Å². The van der Waals surface area contributed by atoms with E-state index >= 15 is 0 Å². The number of methoxy groups -OCH3 is 2. The highest BCUT2D eigenvalue weighted by atomic mass is 16.5. The van der Waals surface area contributed by atoms with Gasteiger partial charge in [-0.05, 0) is 12.8 Å². The molecule has 0 fully saturated rings. The molecular formula is C14H24N2O2. The molecule has 18 heavy (non-hydrogen) atoms. The molecule has 0 saturated heterocycles. The molecule has 0 aliphatic heterocycles. The zero-order valence-corrected chi connectivity index (χ0v) is 12.1. The van der Waals surface area contributed by atoms with Crippen LogP contribution in [0.2, 0.25) is 0 Å². The maximum Gasteiger partial charge on any atom is 0.223 e. The average molecular weight is 252 g/mol. The van der Waals surface area contributed by atoms with Gasteiger partial charge in [-0.25, -0.2) is 9.97 Å². The Hall–Kier alpha value is -1.32. The number of rotatable bonds is 7. The molecule has 0 atom stereocenters. The predicted octanol–water partition coefficient (Wildman–Crippen LogP) is 3.35. The van der Waals surface area contributed by atoms with E-state index < -0.39 is 0 Å². The lowest BCUT2D eigenvalue weighted by molar-refractivity contribution is 0.312. The van der Waals surface area contributed by atoms with Gasteiger partial charge in [0.25, 0.3) is 0 Å². The Kier molecular flexibility index (Phi) is 5.38. The van der Waals surface area contributed by atoms with Crippen LogP contribution in [0, 0.1) is 0 Å². The molecule has 1 aromatic rings. The van der Waals surface area contributed by atoms with Gasteiger partial charge in [0.05, 0.1) is 19.8 Å². The zero-order chi connectivity index (χ0) is 13.6. The first kappa shape index (κ1) is 14.7. The van der Waals surface area contributed by atoms with E-state index in [4.69, 9.17) is 9.47 Å². The van der Waals surface area contributed by atoms with Crippen LogP contribution in [-0.2, 0) is 5.41 Å². The quantitative estimate of drug-likeness (QED) is 0.746. The lowest BCUT2D eigenvalue weighted by Crippen LogP contribution is -2.24. The number of hydrogen-bond donors (Lipinski definition) is 0. The number of ether oxygens (including phenoxy) is 2. The summed E-state index contributed by atoms with van der Waals surface area (Å²) in [6, 6.07) is 0. The summed E-state index contributed by atoms with van der Waals surface area (Å²) in [5.41, 5.74) is 1.00. The molecule has 0 radical (unpaired) electrons. The Morgan fingerprint density at radius 1 is 1.00 bits per heavy atom. The molecule has 0 spiro atoms. The minimum Gasteiger partial charge on any atom is -0.481 e. The monoisotopic (exact) mass is 252 g/mol. The van der Waals surface area contributed by atoms with E-state index in [1.54, 1.807) is 14.2 Å². The van der Waals surface area contributed by atoms with E-state index in [1.807, 2.05) is 0 Å². The summed E-state index contributed by atoms with van der Waals surface area (Å²) in [5, 5.41) is 0. The maximum atomic E-state index is 5.40. The van der Waals surface area contributed by atoms with Crippen molar-refractivity contribution in [1.82, 2.24) is 9.97 Å². The van der Waals surface area contributed by atoms with Crippen molar-refractivity contribution >= 4 is 0 Å². The van der Waals surface area contributed by atoms with E-state index in [0.29, 0.717) is 11.8 Å². The van der Waals surface area contributed by atoms with Crippen LogP contribution in [0.15, 0.2) is 6.33 Å². The minimum atomic E-state index is 0.00144. The van der Waals surface area contributed by atoms with Crippen LogP contribution < -0.4 is 9.47 Å². The van der Waals surface area contributed by atoms with Crippen molar-refractivity contribution in [3.8, 4) is 11.8 Å². The lowest BCUT2D eigenvalue weighted by Gasteiger charge is -2.31. The highest BCUT2D eigenvalue weighted by Gasteiger charge is 2.33. The summed E-state index contributed by atoms with van der Waals surface area (Å²) in [4.78, 5) is 8.45. The van der Waals surface area contributed by atoms with Crippen molar-refractivity contribution in [3.05, 3.63) is 11.9 Å². The van der Waals surface area contributed by atoms with Crippen LogP contribution in [0.3, 0.4) is 0 Å². The predicted molar refractivity (Wildman–Crippen MR) is 72.3 cm³/mol. The van der Waals surface area contributed by atoms with E-state index in [1.165, 1.54) is 6.33 Å². The van der Waals surface area contributed by atoms with Gasteiger partial charge in [0.2, 0.25) is 11.8 Å². The van der Waals surface area contributed by atoms with Gasteiger partial charge in [-0.2, -0.15) is 0 Å². The first-order chi connectivity index (χ1) is 8.62. The Bertz CT molecular complexity index is 352. The average Bonchev–Trinajstić information content (AvgIpc) is 2.38. The third-order valence-electron chi connectivity index (χ3n) is 3.37. The summed E-state index contributed by atoms with van der Waals surface area (Å²) < 4.78 is 10.8. The molecule has 0 aliphatic carbocycles. The van der Waals surface area contributed by atoms with E-state index in [9.17, 15) is 0 Å². The van der Waals surface area contributed by atoms with Gasteiger partial charge >= 0.3 is 0 Å². The second kappa shape index (κ2) is 6.57. The minimum absolute atomic E-state index is 0.00144. The van der Waals surface area contributed by atoms with Gasteiger partial charge in [0.1, 0.15) is 6.33 Å². The fourth-order valence-corrected chi connectivity index (χ4v) is 2.66. The van der Waals surface area contributed by atoms with Gasteiger partial charge in [0, 0.05) is 5.41 Å². The lowest BCUT2D eigenvalue weighted by atomic mass is 9.75. The molecule has 0 aromatic carbocycles. The third-order valence-corrected chi connectivity index (χ3v) is 3.37. The van der Waals surface area contributed by atoms with E-state index in [0.717, 1.165) is 31.2 Å². The molecule has 1 rings (SSSR count). The number of nitrogens with zero attached hydrogens (tertiary/aromatic N) is 2. The van der Waals surface area contributed by atoms with Crippen LogP contribution in [0.25, 0.3) is 0 Å². The molecule has 0 amide bonds. The molecule has 4 nitrogen and oxygen atoms in total. The fraction of sp³-hybridized carbons (Fsp3) is 0.714. The summed E-state index contributed by atoms with van der Waals surface area (Å²) in [6.45, 7) is 6.62. The highest BCUT2D eigenvalue weighted by Crippen LogP contribution is 2.42. The molecule has 4 heteroatoms. The standard InChI is InChI=1S/C14H24N2O2/c1-6-8-14(3,9-7-2)11-12(17-4)15-10-16-13(11)18-5/h10H,6-9H2,1-5H3. The van der Waals surface area contributed by atoms with Crippen LogP contribution in [-0.4, -0.2) is 24.2 Å². The largest absolute Gasteiger partial charge is 0.481 e. The van der Waals surface area contributed by atoms with Crippen molar-refractivity contribution in [1.29, 1.82) is 0 Å². The Balaban J connectivity index is 3.32. The molecule has 1 heterocycles. The summed E-state index contributed by atoms with van der Waals surface area (Å²) in [5.74, 6) is 1.26. The first-order valence-electron chi connectivity index (χ1n) is 6.56. The van der Waals surface area contributed by atoms with Gasteiger partial charge in [0.15, 0.2) is 0 Å². The fourth-order valence-electron chi connectivity index (χ4n) is 2.66. The molecule has 0 saturated carbocycles. The van der Waals surface area contributed by atoms with Crippen molar-refractivity contribution in [2.24, 2.45) is 0 Å². The molecule has 102 valence electrons. The van der Waals surface area contributed by atoms with Crippen LogP contribution in [0.5, 0.6) is 11.8 Å². The van der Waals surface area contributed by atoms with Crippen LogP contribution in [0.1, 0.15) is 52.0 Å². The van der Waals surface area contributed by atoms with Crippen LogP contribution in [0.4, 0.5) is 0 Å². The molecule has 0 aliphatic rings. The summed E-state index contributed by atoms with van der Waals surface area (Å²) >= 11 is 0. The highest BCUT2D eigenvalue weighted by molar-refractivity contribution is 5.41. The summed E-state index contributed by atoms with van der Waals surface area (Å²) in [6.07, 6.45) is 5.84. The second-order valence-corrected chi connectivity index (χ2v) is 4.83. The van der Waals surface area contributed by atoms with Gasteiger partial charge in [-0.3, -0.25) is 0 Å². The van der Waals surface area contributed by atoms with Crippen molar-refractivity contribution < 1.29 is 9.47 Å². The molecular weight excluding hydrogens is 228 g/mol. The van der Waals surface area contributed by atoms with Crippen molar-refractivity contribution in [2.75, 3.05) is 14.2 Å². The number of aromatic nitrogens is 2. The van der Waals surface area contributed by atoms with E-state index in [-0.39, 0.29) is 5.41 Å². The Morgan fingerprint density at radius 3 is 1.78 bits per heavy atom. The first-order valence-corrected chi connectivity index (χ1v) is 6.56. The molecule has 1 aromatic heterocycles. The second-order valence-electron chi connectivity index (χ2n) is 4.83. The van der Waals surface area contributed by atoms with Gasteiger partial charge < -0.3 is 9.47 Å². The molecule has 0 unspecified atom stereocenters. The zero-order valence-electron chi connectivity index (χ0n) is 12.1. The number of hydrogen-bond acceptors (Lipinski definition) is 4. The van der Waals surface area contributed by atoms with E-state index in [2.05, 4.69) is 30.7 Å². The van der Waals surface area contributed by atoms with Gasteiger partial charge in [-0.15, -0.1) is 0 Å². The maximum absolute atomic E-state index is 5.40.